The van der Waals surface area contributed by atoms with Crippen LogP contribution in [0.5, 0.6) is 0 Å². The van der Waals surface area contributed by atoms with E-state index in [0.29, 0.717) is 35.1 Å². The van der Waals surface area contributed by atoms with Crippen LogP contribution in [0.25, 0.3) is 10.9 Å². The van der Waals surface area contributed by atoms with Crippen LogP contribution in [0.2, 0.25) is 0 Å². The quantitative estimate of drug-likeness (QED) is 0.704. The Balaban J connectivity index is 1.36. The lowest BCUT2D eigenvalue weighted by Crippen LogP contribution is -2.21. The van der Waals surface area contributed by atoms with Crippen molar-refractivity contribution in [3.63, 3.8) is 0 Å². The summed E-state index contributed by atoms with van der Waals surface area (Å²) in [5, 5.41) is 3.38. The van der Waals surface area contributed by atoms with Gasteiger partial charge in [-0.2, -0.15) is 0 Å². The summed E-state index contributed by atoms with van der Waals surface area (Å²) in [5.41, 5.74) is 2.49. The molecular weight excluding hydrogens is 346 g/mol. The van der Waals surface area contributed by atoms with E-state index in [1.165, 1.54) is 10.9 Å². The number of carbonyl (C=O) groups is 2. The van der Waals surface area contributed by atoms with E-state index in [1.54, 1.807) is 36.4 Å². The number of aryl methyl sites for hydroxylation is 1. The Kier molecular flexibility index (Phi) is 4.42. The third-order valence-electron chi connectivity index (χ3n) is 4.50. The van der Waals surface area contributed by atoms with Crippen LogP contribution in [0.15, 0.2) is 53.6 Å². The number of anilines is 1. The zero-order valence-electron chi connectivity index (χ0n) is 14.5. The summed E-state index contributed by atoms with van der Waals surface area (Å²) in [5.74, 6) is -0.487. The second kappa shape index (κ2) is 7.03. The van der Waals surface area contributed by atoms with Crippen molar-refractivity contribution in [3.05, 3.63) is 70.3 Å². The van der Waals surface area contributed by atoms with Gasteiger partial charge >= 0.3 is 5.97 Å². The average molecular weight is 363 g/mol. The first kappa shape index (κ1) is 17.0. The molecule has 0 bridgehead atoms. The molecule has 0 fully saturated rings. The van der Waals surface area contributed by atoms with Crippen LogP contribution < -0.4 is 10.9 Å². The van der Waals surface area contributed by atoms with Crippen molar-refractivity contribution in [2.24, 2.45) is 0 Å². The molecule has 0 atom stereocenters. The number of nitrogens with zero attached hydrogens (tertiary/aromatic N) is 2. The fourth-order valence-corrected chi connectivity index (χ4v) is 3.11. The van der Waals surface area contributed by atoms with E-state index < -0.39 is 0 Å². The number of rotatable bonds is 5. The van der Waals surface area contributed by atoms with E-state index in [0.717, 1.165) is 5.56 Å². The minimum Gasteiger partial charge on any atom is -0.457 e. The Bertz CT molecular complexity index is 1100. The summed E-state index contributed by atoms with van der Waals surface area (Å²) >= 11 is 0. The van der Waals surface area contributed by atoms with E-state index >= 15 is 0 Å². The van der Waals surface area contributed by atoms with Crippen LogP contribution in [0.1, 0.15) is 28.8 Å². The highest BCUT2D eigenvalue weighted by Crippen LogP contribution is 2.23. The Morgan fingerprint density at radius 2 is 2.04 bits per heavy atom. The summed E-state index contributed by atoms with van der Waals surface area (Å²) in [6.45, 7) is 0.645. The maximum absolute atomic E-state index is 12.4. The summed E-state index contributed by atoms with van der Waals surface area (Å²) in [7, 11) is 0. The van der Waals surface area contributed by atoms with Gasteiger partial charge in [-0.05, 0) is 36.8 Å². The van der Waals surface area contributed by atoms with Gasteiger partial charge in [0.25, 0.3) is 5.56 Å². The summed E-state index contributed by atoms with van der Waals surface area (Å²) in [4.78, 5) is 40.3. The molecule has 1 aliphatic heterocycles. The van der Waals surface area contributed by atoms with E-state index in [4.69, 9.17) is 4.74 Å². The average Bonchev–Trinajstić information content (AvgIpc) is 3.04. The first-order chi connectivity index (χ1) is 13.1. The molecule has 0 saturated heterocycles. The predicted molar refractivity (Wildman–Crippen MR) is 99.4 cm³/mol. The van der Waals surface area contributed by atoms with E-state index in [2.05, 4.69) is 10.3 Å². The van der Waals surface area contributed by atoms with E-state index in [9.17, 15) is 14.4 Å². The lowest BCUT2D eigenvalue weighted by Gasteiger charge is -2.08. The van der Waals surface area contributed by atoms with Gasteiger partial charge in [0.05, 0.1) is 22.8 Å². The molecule has 136 valence electrons. The number of cyclic esters (lactones) is 1. The van der Waals surface area contributed by atoms with Crippen molar-refractivity contribution >= 4 is 28.5 Å². The maximum Gasteiger partial charge on any atom is 0.338 e. The van der Waals surface area contributed by atoms with Gasteiger partial charge in [-0.15, -0.1) is 0 Å². The number of carbonyl (C=O) groups excluding carboxylic acids is 2. The second-order valence-electron chi connectivity index (χ2n) is 6.36. The Hall–Kier alpha value is -3.48. The van der Waals surface area contributed by atoms with Crippen molar-refractivity contribution in [3.8, 4) is 0 Å². The highest BCUT2D eigenvalue weighted by molar-refractivity contribution is 5.95. The second-order valence-corrected chi connectivity index (χ2v) is 6.36. The molecule has 1 aliphatic rings. The first-order valence-corrected chi connectivity index (χ1v) is 8.66. The summed E-state index contributed by atoms with van der Waals surface area (Å²) in [6.07, 6.45) is 2.30. The third kappa shape index (κ3) is 3.44. The van der Waals surface area contributed by atoms with Gasteiger partial charge < -0.3 is 10.1 Å². The normalized spacial score (nSPS) is 12.7. The number of ether oxygens (including phenoxy) is 1. The topological polar surface area (TPSA) is 90.3 Å². The Morgan fingerprint density at radius 1 is 1.19 bits per heavy atom. The minimum absolute atomic E-state index is 0.107. The molecule has 0 unspecified atom stereocenters. The number of amides is 1. The molecular formula is C20H17N3O4. The van der Waals surface area contributed by atoms with Crippen LogP contribution in [-0.4, -0.2) is 21.4 Å². The molecule has 1 amide bonds. The minimum atomic E-state index is -0.336. The fourth-order valence-electron chi connectivity index (χ4n) is 3.11. The predicted octanol–water partition coefficient (Wildman–Crippen LogP) is 2.49. The van der Waals surface area contributed by atoms with Crippen molar-refractivity contribution in [1.82, 2.24) is 9.55 Å². The van der Waals surface area contributed by atoms with Gasteiger partial charge in [-0.3, -0.25) is 14.2 Å². The molecule has 2 heterocycles. The zero-order chi connectivity index (χ0) is 18.8. The van der Waals surface area contributed by atoms with E-state index in [-0.39, 0.29) is 30.5 Å². The first-order valence-electron chi connectivity index (χ1n) is 8.66. The van der Waals surface area contributed by atoms with E-state index in [1.807, 2.05) is 6.07 Å². The summed E-state index contributed by atoms with van der Waals surface area (Å²) in [6, 6.07) is 12.3. The van der Waals surface area contributed by atoms with Crippen LogP contribution in [0.3, 0.4) is 0 Å². The van der Waals surface area contributed by atoms with Gasteiger partial charge in [-0.25, -0.2) is 9.78 Å². The third-order valence-corrected chi connectivity index (χ3v) is 4.50. The smallest absolute Gasteiger partial charge is 0.338 e. The molecule has 3 aromatic rings. The van der Waals surface area contributed by atoms with Crippen molar-refractivity contribution in [2.45, 2.75) is 26.0 Å². The number of hydrogen-bond acceptors (Lipinski definition) is 5. The number of hydrogen-bond donors (Lipinski definition) is 1. The molecule has 2 aromatic carbocycles. The largest absolute Gasteiger partial charge is 0.457 e. The SMILES string of the molecule is O=C(CCCn1cnc2ccccc2c1=O)Nc1ccc2c(c1)COC2=O. The highest BCUT2D eigenvalue weighted by Gasteiger charge is 2.21. The van der Waals surface area contributed by atoms with Gasteiger partial charge in [0.2, 0.25) is 5.91 Å². The Labute approximate surface area is 154 Å². The lowest BCUT2D eigenvalue weighted by molar-refractivity contribution is -0.116. The molecule has 0 saturated carbocycles. The molecule has 7 nitrogen and oxygen atoms in total. The standard InChI is InChI=1S/C20H17N3O4/c24-18(22-14-7-8-15-13(10-14)11-27-20(15)26)6-3-9-23-12-21-17-5-2-1-4-16(17)19(23)25/h1-2,4-5,7-8,10,12H,3,6,9,11H2,(H,22,24). The fraction of sp³-hybridized carbons (Fsp3) is 0.200. The monoisotopic (exact) mass is 363 g/mol. The molecule has 0 spiro atoms. The lowest BCUT2D eigenvalue weighted by atomic mass is 10.1. The Morgan fingerprint density at radius 3 is 2.93 bits per heavy atom. The van der Waals surface area contributed by atoms with Crippen molar-refractivity contribution in [1.29, 1.82) is 0 Å². The number of fused-ring (bicyclic) bond motifs is 2. The number of nitrogens with one attached hydrogen (secondary N) is 1. The summed E-state index contributed by atoms with van der Waals surface area (Å²) < 4.78 is 6.47. The van der Waals surface area contributed by atoms with Crippen LogP contribution >= 0.6 is 0 Å². The molecule has 0 radical (unpaired) electrons. The number of esters is 1. The number of para-hydroxylation sites is 1. The molecule has 1 N–H and O–H groups in total. The molecule has 7 heteroatoms. The van der Waals surface area contributed by atoms with Crippen LogP contribution in [0, 0.1) is 0 Å². The maximum atomic E-state index is 12.4. The molecule has 1 aromatic heterocycles. The van der Waals surface area contributed by atoms with Crippen molar-refractivity contribution in [2.75, 3.05) is 5.32 Å². The van der Waals surface area contributed by atoms with Gasteiger partial charge in [0.1, 0.15) is 6.61 Å². The number of benzene rings is 2. The number of aromatic nitrogens is 2. The van der Waals surface area contributed by atoms with Gasteiger partial charge in [0, 0.05) is 24.2 Å². The molecule has 4 rings (SSSR count). The zero-order valence-corrected chi connectivity index (χ0v) is 14.5. The van der Waals surface area contributed by atoms with Gasteiger partial charge in [-0.1, -0.05) is 12.1 Å². The molecule has 27 heavy (non-hydrogen) atoms. The molecule has 0 aliphatic carbocycles. The van der Waals surface area contributed by atoms with Crippen molar-refractivity contribution < 1.29 is 14.3 Å². The van der Waals surface area contributed by atoms with Gasteiger partial charge in [0.15, 0.2) is 0 Å². The van der Waals surface area contributed by atoms with Crippen LogP contribution in [0.4, 0.5) is 5.69 Å². The van der Waals surface area contributed by atoms with Crippen LogP contribution in [-0.2, 0) is 22.7 Å². The highest BCUT2D eigenvalue weighted by atomic mass is 16.5.